The molecule has 2 bridgehead atoms. The van der Waals surface area contributed by atoms with E-state index in [-0.39, 0.29) is 23.7 Å². The zero-order chi connectivity index (χ0) is 13.0. The number of allylic oxidation sites excluding steroid dienone is 2. The SMILES string of the molecule is O=C1C2C3C=CC(C3)C2C(=O)N1CC1=CCNCC1. The minimum absolute atomic E-state index is 0.0511. The third-order valence-corrected chi connectivity index (χ3v) is 5.08. The van der Waals surface area contributed by atoms with Crippen LogP contribution in [0.25, 0.3) is 0 Å². The van der Waals surface area contributed by atoms with Crippen LogP contribution in [-0.2, 0) is 9.59 Å². The zero-order valence-corrected chi connectivity index (χ0v) is 10.8. The van der Waals surface area contributed by atoms with Crippen molar-refractivity contribution in [2.45, 2.75) is 12.8 Å². The first kappa shape index (κ1) is 11.4. The molecule has 1 saturated carbocycles. The van der Waals surface area contributed by atoms with Gasteiger partial charge in [0.05, 0.1) is 11.8 Å². The lowest BCUT2D eigenvalue weighted by atomic mass is 9.85. The van der Waals surface area contributed by atoms with Gasteiger partial charge in [0.15, 0.2) is 0 Å². The van der Waals surface area contributed by atoms with Crippen LogP contribution < -0.4 is 5.32 Å². The summed E-state index contributed by atoms with van der Waals surface area (Å²) in [6.07, 6.45) is 8.35. The fourth-order valence-electron chi connectivity index (χ4n) is 4.14. The molecule has 2 aliphatic carbocycles. The Morgan fingerprint density at radius 1 is 1.16 bits per heavy atom. The molecule has 0 radical (unpaired) electrons. The number of imide groups is 1. The molecule has 0 aromatic carbocycles. The second kappa shape index (κ2) is 4.04. The number of amides is 2. The van der Waals surface area contributed by atoms with Crippen molar-refractivity contribution in [1.82, 2.24) is 10.2 Å². The predicted molar refractivity (Wildman–Crippen MR) is 70.0 cm³/mol. The molecule has 0 spiro atoms. The standard InChI is InChI=1S/C15H18N2O2/c18-14-12-10-1-2-11(7-10)13(12)15(19)17(14)8-9-3-5-16-6-4-9/h1-3,10-13,16H,4-8H2. The maximum absolute atomic E-state index is 12.5. The van der Waals surface area contributed by atoms with Crippen LogP contribution in [0.15, 0.2) is 23.8 Å². The molecule has 0 aromatic rings. The molecule has 2 fully saturated rings. The van der Waals surface area contributed by atoms with Crippen molar-refractivity contribution in [2.75, 3.05) is 19.6 Å². The van der Waals surface area contributed by atoms with E-state index in [1.165, 1.54) is 10.5 Å². The monoisotopic (exact) mass is 258 g/mol. The topological polar surface area (TPSA) is 49.4 Å². The molecule has 4 rings (SSSR count). The number of hydrogen-bond donors (Lipinski definition) is 1. The van der Waals surface area contributed by atoms with Gasteiger partial charge in [0.1, 0.15) is 0 Å². The number of carbonyl (C=O) groups is 2. The molecule has 4 heteroatoms. The third kappa shape index (κ3) is 1.56. The fraction of sp³-hybridized carbons (Fsp3) is 0.600. The zero-order valence-electron chi connectivity index (χ0n) is 10.8. The van der Waals surface area contributed by atoms with Crippen LogP contribution in [0.3, 0.4) is 0 Å². The molecule has 1 N–H and O–H groups in total. The Bertz CT molecular complexity index is 478. The lowest BCUT2D eigenvalue weighted by Crippen LogP contribution is -2.36. The smallest absolute Gasteiger partial charge is 0.234 e. The van der Waals surface area contributed by atoms with Gasteiger partial charge in [-0.25, -0.2) is 0 Å². The lowest BCUT2D eigenvalue weighted by Gasteiger charge is -2.21. The van der Waals surface area contributed by atoms with Crippen molar-refractivity contribution < 1.29 is 9.59 Å². The molecule has 100 valence electrons. The Morgan fingerprint density at radius 2 is 1.84 bits per heavy atom. The van der Waals surface area contributed by atoms with E-state index in [1.807, 2.05) is 0 Å². The Morgan fingerprint density at radius 3 is 2.42 bits per heavy atom. The van der Waals surface area contributed by atoms with Crippen LogP contribution in [0, 0.1) is 23.7 Å². The average Bonchev–Trinajstić information content (AvgIpc) is 3.10. The highest BCUT2D eigenvalue weighted by Gasteiger charge is 2.59. The van der Waals surface area contributed by atoms with Gasteiger partial charge < -0.3 is 5.32 Å². The second-order valence-electron chi connectivity index (χ2n) is 6.08. The summed E-state index contributed by atoms with van der Waals surface area (Å²) in [7, 11) is 0. The van der Waals surface area contributed by atoms with Crippen LogP contribution >= 0.6 is 0 Å². The Hall–Kier alpha value is -1.42. The van der Waals surface area contributed by atoms with Gasteiger partial charge in [0.25, 0.3) is 0 Å². The molecule has 4 aliphatic rings. The molecule has 0 aromatic heterocycles. The maximum atomic E-state index is 12.5. The van der Waals surface area contributed by atoms with Gasteiger partial charge in [0.2, 0.25) is 11.8 Å². The Balaban J connectivity index is 1.57. The van der Waals surface area contributed by atoms with Gasteiger partial charge in [-0.1, -0.05) is 23.8 Å². The van der Waals surface area contributed by atoms with Crippen LogP contribution in [0.4, 0.5) is 0 Å². The number of rotatable bonds is 2. The van der Waals surface area contributed by atoms with E-state index in [0.717, 1.165) is 25.9 Å². The quantitative estimate of drug-likeness (QED) is 0.586. The normalized spacial score (nSPS) is 40.0. The summed E-state index contributed by atoms with van der Waals surface area (Å²) in [6, 6.07) is 0. The predicted octanol–water partition coefficient (Wildman–Crippen LogP) is 0.713. The van der Waals surface area contributed by atoms with E-state index in [9.17, 15) is 9.59 Å². The first-order valence-electron chi connectivity index (χ1n) is 7.18. The molecule has 19 heavy (non-hydrogen) atoms. The second-order valence-corrected chi connectivity index (χ2v) is 6.08. The highest BCUT2D eigenvalue weighted by atomic mass is 16.2. The van der Waals surface area contributed by atoms with Crippen molar-refractivity contribution in [3.63, 3.8) is 0 Å². The fourth-order valence-corrected chi connectivity index (χ4v) is 4.14. The molecule has 2 aliphatic heterocycles. The van der Waals surface area contributed by atoms with E-state index in [1.54, 1.807) is 0 Å². The van der Waals surface area contributed by atoms with Gasteiger partial charge >= 0.3 is 0 Å². The summed E-state index contributed by atoms with van der Waals surface area (Å²) in [5, 5.41) is 3.25. The number of nitrogens with zero attached hydrogens (tertiary/aromatic N) is 1. The summed E-state index contributed by atoms with van der Waals surface area (Å²) in [4.78, 5) is 26.5. The number of likely N-dealkylation sites (tertiary alicyclic amines) is 1. The number of hydrogen-bond acceptors (Lipinski definition) is 3. The summed E-state index contributed by atoms with van der Waals surface area (Å²) >= 11 is 0. The molecule has 4 nitrogen and oxygen atoms in total. The minimum atomic E-state index is -0.0511. The van der Waals surface area contributed by atoms with E-state index < -0.39 is 0 Å². The number of fused-ring (bicyclic) bond motifs is 5. The largest absolute Gasteiger partial charge is 0.313 e. The van der Waals surface area contributed by atoms with E-state index >= 15 is 0 Å². The molecular weight excluding hydrogens is 240 g/mol. The molecule has 2 amide bonds. The van der Waals surface area contributed by atoms with E-state index in [4.69, 9.17) is 0 Å². The first-order valence-corrected chi connectivity index (χ1v) is 7.18. The third-order valence-electron chi connectivity index (χ3n) is 5.08. The minimum Gasteiger partial charge on any atom is -0.313 e. The molecule has 1 saturated heterocycles. The maximum Gasteiger partial charge on any atom is 0.234 e. The van der Waals surface area contributed by atoms with Crippen molar-refractivity contribution in [3.05, 3.63) is 23.8 Å². The van der Waals surface area contributed by atoms with Crippen molar-refractivity contribution in [3.8, 4) is 0 Å². The van der Waals surface area contributed by atoms with Gasteiger partial charge in [-0.05, 0) is 31.2 Å². The highest BCUT2D eigenvalue weighted by molar-refractivity contribution is 6.06. The van der Waals surface area contributed by atoms with Crippen molar-refractivity contribution >= 4 is 11.8 Å². The highest BCUT2D eigenvalue weighted by Crippen LogP contribution is 2.52. The first-order chi connectivity index (χ1) is 9.25. The summed E-state index contributed by atoms with van der Waals surface area (Å²) in [6.45, 7) is 2.32. The average molecular weight is 258 g/mol. The number of carbonyl (C=O) groups excluding carboxylic acids is 2. The Labute approximate surface area is 112 Å². The van der Waals surface area contributed by atoms with E-state index in [2.05, 4.69) is 23.5 Å². The van der Waals surface area contributed by atoms with Crippen LogP contribution in [0.1, 0.15) is 12.8 Å². The molecule has 4 unspecified atom stereocenters. The summed E-state index contributed by atoms with van der Waals surface area (Å²) in [5.41, 5.74) is 1.22. The summed E-state index contributed by atoms with van der Waals surface area (Å²) in [5.74, 6) is 0.684. The van der Waals surface area contributed by atoms with Gasteiger partial charge in [-0.2, -0.15) is 0 Å². The van der Waals surface area contributed by atoms with Gasteiger partial charge in [0, 0.05) is 13.1 Å². The van der Waals surface area contributed by atoms with Crippen molar-refractivity contribution in [2.24, 2.45) is 23.7 Å². The van der Waals surface area contributed by atoms with Crippen LogP contribution in [-0.4, -0.2) is 36.3 Å². The lowest BCUT2D eigenvalue weighted by molar-refractivity contribution is -0.140. The van der Waals surface area contributed by atoms with E-state index in [0.29, 0.717) is 18.4 Å². The molecule has 4 atom stereocenters. The molecular formula is C15H18N2O2. The Kier molecular flexibility index (Phi) is 2.42. The van der Waals surface area contributed by atoms with Crippen LogP contribution in [0.2, 0.25) is 0 Å². The van der Waals surface area contributed by atoms with Gasteiger partial charge in [-0.3, -0.25) is 14.5 Å². The van der Waals surface area contributed by atoms with Gasteiger partial charge in [-0.15, -0.1) is 0 Å². The van der Waals surface area contributed by atoms with Crippen LogP contribution in [0.5, 0.6) is 0 Å². The number of nitrogens with one attached hydrogen (secondary N) is 1. The molecule has 2 heterocycles. The summed E-state index contributed by atoms with van der Waals surface area (Å²) < 4.78 is 0. The van der Waals surface area contributed by atoms with Crippen molar-refractivity contribution in [1.29, 1.82) is 0 Å².